The monoisotopic (exact) mass is 289 g/mol. The summed E-state index contributed by atoms with van der Waals surface area (Å²) < 4.78 is 5.23. The Morgan fingerprint density at radius 2 is 1.26 bits per heavy atom. The molecule has 0 fully saturated rings. The zero-order valence-corrected chi connectivity index (χ0v) is 14.4. The van der Waals surface area contributed by atoms with E-state index in [0.717, 1.165) is 6.16 Å². The van der Waals surface area contributed by atoms with Crippen LogP contribution in [0.2, 0.25) is 0 Å². The van der Waals surface area contributed by atoms with Gasteiger partial charge >= 0.3 is 5.97 Å². The lowest BCUT2D eigenvalue weighted by Crippen LogP contribution is -2.20. The summed E-state index contributed by atoms with van der Waals surface area (Å²) >= 11 is 0. The highest BCUT2D eigenvalue weighted by Crippen LogP contribution is 2.60. The Morgan fingerprint density at radius 3 is 1.58 bits per heavy atom. The first kappa shape index (κ1) is 18.9. The first-order valence-electron chi connectivity index (χ1n) is 8.14. The molecular formula is C16H34O2P+. The third-order valence-electron chi connectivity index (χ3n) is 3.73. The number of rotatable bonds is 12. The van der Waals surface area contributed by atoms with Gasteiger partial charge in [0.15, 0.2) is 6.16 Å². The van der Waals surface area contributed by atoms with Crippen LogP contribution in [0.25, 0.3) is 0 Å². The minimum atomic E-state index is -1.11. The van der Waals surface area contributed by atoms with Crippen LogP contribution in [-0.4, -0.2) is 37.2 Å². The maximum atomic E-state index is 12.0. The average Bonchev–Trinajstić information content (AvgIpc) is 2.40. The second kappa shape index (κ2) is 11.7. The van der Waals surface area contributed by atoms with E-state index >= 15 is 0 Å². The van der Waals surface area contributed by atoms with Gasteiger partial charge in [0, 0.05) is 7.26 Å². The van der Waals surface area contributed by atoms with Crippen molar-refractivity contribution in [1.82, 2.24) is 0 Å². The fraction of sp³-hybridized carbons (Fsp3) is 0.938. The maximum Gasteiger partial charge on any atom is 0.343 e. The molecule has 0 aliphatic rings. The molecule has 3 heteroatoms. The summed E-state index contributed by atoms with van der Waals surface area (Å²) in [6.45, 7) is 9.17. The van der Waals surface area contributed by atoms with Gasteiger partial charge in [-0.3, -0.25) is 0 Å². The lowest BCUT2D eigenvalue weighted by molar-refractivity contribution is -0.140. The Bertz CT molecular complexity index is 207. The number of unbranched alkanes of at least 4 members (excludes halogenated alkanes) is 3. The zero-order valence-electron chi connectivity index (χ0n) is 13.5. The van der Waals surface area contributed by atoms with Crippen molar-refractivity contribution in [2.24, 2.45) is 0 Å². The molecule has 0 saturated heterocycles. The summed E-state index contributed by atoms with van der Waals surface area (Å²) in [5.74, 6) is 0.0548. The van der Waals surface area contributed by atoms with E-state index in [1.165, 1.54) is 57.0 Å². The van der Waals surface area contributed by atoms with Crippen molar-refractivity contribution in [3.8, 4) is 0 Å². The Morgan fingerprint density at radius 1 is 0.842 bits per heavy atom. The SMILES string of the molecule is CCCC[P+](CCCC)(CCCC)CC(=O)OCC. The molecule has 0 saturated carbocycles. The van der Waals surface area contributed by atoms with Crippen molar-refractivity contribution >= 4 is 13.2 Å². The average molecular weight is 289 g/mol. The van der Waals surface area contributed by atoms with Gasteiger partial charge in [-0.15, -0.1) is 0 Å². The van der Waals surface area contributed by atoms with Gasteiger partial charge in [0.25, 0.3) is 0 Å². The number of hydrogen-bond donors (Lipinski definition) is 0. The van der Waals surface area contributed by atoms with E-state index in [2.05, 4.69) is 20.8 Å². The molecule has 0 aromatic carbocycles. The van der Waals surface area contributed by atoms with Crippen molar-refractivity contribution in [2.45, 2.75) is 66.2 Å². The number of carbonyl (C=O) groups excluding carboxylic acids is 1. The molecule has 0 radical (unpaired) electrons. The van der Waals surface area contributed by atoms with Gasteiger partial charge in [0.2, 0.25) is 0 Å². The maximum absolute atomic E-state index is 12.0. The molecule has 0 unspecified atom stereocenters. The van der Waals surface area contributed by atoms with Crippen molar-refractivity contribution in [2.75, 3.05) is 31.3 Å². The first-order chi connectivity index (χ1) is 9.14. The highest BCUT2D eigenvalue weighted by atomic mass is 31.2. The summed E-state index contributed by atoms with van der Waals surface area (Å²) in [7, 11) is -1.11. The summed E-state index contributed by atoms with van der Waals surface area (Å²) in [4.78, 5) is 12.0. The minimum absolute atomic E-state index is 0.0548. The molecule has 0 N–H and O–H groups in total. The van der Waals surface area contributed by atoms with Crippen molar-refractivity contribution in [1.29, 1.82) is 0 Å². The number of esters is 1. The Kier molecular flexibility index (Phi) is 11.6. The third-order valence-corrected chi connectivity index (χ3v) is 8.45. The second-order valence-electron chi connectivity index (χ2n) is 5.54. The Hall–Kier alpha value is -0.100. The standard InChI is InChI=1S/C16H34O2P/c1-5-9-12-19(13-10-6-2,14-11-7-3)15-16(17)18-8-4/h5-15H2,1-4H3/q+1. The molecular weight excluding hydrogens is 255 g/mol. The Balaban J connectivity index is 4.70. The van der Waals surface area contributed by atoms with Crippen LogP contribution in [-0.2, 0) is 9.53 Å². The van der Waals surface area contributed by atoms with Gasteiger partial charge in [-0.05, 0) is 26.2 Å². The summed E-state index contributed by atoms with van der Waals surface area (Å²) in [5.41, 5.74) is 0. The summed E-state index contributed by atoms with van der Waals surface area (Å²) in [5, 5.41) is 0. The van der Waals surface area contributed by atoms with Crippen LogP contribution in [0.5, 0.6) is 0 Å². The zero-order chi connectivity index (χ0) is 14.6. The predicted molar refractivity (Wildman–Crippen MR) is 87.7 cm³/mol. The van der Waals surface area contributed by atoms with E-state index in [4.69, 9.17) is 4.74 Å². The fourth-order valence-electron chi connectivity index (χ4n) is 2.53. The van der Waals surface area contributed by atoms with Crippen LogP contribution in [0.3, 0.4) is 0 Å². The molecule has 0 amide bonds. The van der Waals surface area contributed by atoms with E-state index in [0.29, 0.717) is 6.61 Å². The molecule has 0 aromatic heterocycles. The van der Waals surface area contributed by atoms with E-state index < -0.39 is 7.26 Å². The van der Waals surface area contributed by atoms with Crippen molar-refractivity contribution in [3.05, 3.63) is 0 Å². The normalized spacial score (nSPS) is 11.6. The molecule has 0 aliphatic carbocycles. The lowest BCUT2D eigenvalue weighted by atomic mass is 10.4. The van der Waals surface area contributed by atoms with Crippen molar-refractivity contribution < 1.29 is 9.53 Å². The van der Waals surface area contributed by atoms with Gasteiger partial charge in [-0.25, -0.2) is 4.79 Å². The summed E-state index contributed by atoms with van der Waals surface area (Å²) in [6.07, 6.45) is 12.2. The topological polar surface area (TPSA) is 26.3 Å². The van der Waals surface area contributed by atoms with Crippen molar-refractivity contribution in [3.63, 3.8) is 0 Å². The summed E-state index contributed by atoms with van der Waals surface area (Å²) in [6, 6.07) is 0. The van der Waals surface area contributed by atoms with Gasteiger partial charge < -0.3 is 4.74 Å². The number of ether oxygens (including phenoxy) is 1. The van der Waals surface area contributed by atoms with Crippen LogP contribution in [0.15, 0.2) is 0 Å². The molecule has 0 spiro atoms. The third kappa shape index (κ3) is 8.63. The fourth-order valence-corrected chi connectivity index (χ4v) is 7.28. The molecule has 0 rings (SSSR count). The lowest BCUT2D eigenvalue weighted by Gasteiger charge is -2.27. The molecule has 19 heavy (non-hydrogen) atoms. The molecule has 114 valence electrons. The molecule has 0 bridgehead atoms. The van der Waals surface area contributed by atoms with E-state index in [1.807, 2.05) is 6.92 Å². The number of carbonyl (C=O) groups is 1. The quantitative estimate of drug-likeness (QED) is 0.374. The first-order valence-corrected chi connectivity index (χ1v) is 10.7. The molecule has 0 aliphatic heterocycles. The van der Waals surface area contributed by atoms with Crippen LogP contribution in [0.4, 0.5) is 0 Å². The van der Waals surface area contributed by atoms with Crippen LogP contribution < -0.4 is 0 Å². The largest absolute Gasteiger partial charge is 0.463 e. The number of hydrogen-bond acceptors (Lipinski definition) is 2. The van der Waals surface area contributed by atoms with E-state index in [9.17, 15) is 4.79 Å². The highest BCUT2D eigenvalue weighted by Gasteiger charge is 2.38. The minimum Gasteiger partial charge on any atom is -0.463 e. The van der Waals surface area contributed by atoms with Crippen LogP contribution in [0, 0.1) is 0 Å². The second-order valence-corrected chi connectivity index (χ2v) is 9.88. The smallest absolute Gasteiger partial charge is 0.343 e. The van der Waals surface area contributed by atoms with Gasteiger partial charge in [-0.1, -0.05) is 40.0 Å². The van der Waals surface area contributed by atoms with Gasteiger partial charge in [0.05, 0.1) is 25.1 Å². The molecule has 0 heterocycles. The molecule has 2 nitrogen and oxygen atoms in total. The van der Waals surface area contributed by atoms with E-state index in [-0.39, 0.29) is 5.97 Å². The molecule has 0 aromatic rings. The Labute approximate surface area is 121 Å². The van der Waals surface area contributed by atoms with Gasteiger partial charge in [0.1, 0.15) is 0 Å². The van der Waals surface area contributed by atoms with Gasteiger partial charge in [-0.2, -0.15) is 0 Å². The van der Waals surface area contributed by atoms with E-state index in [1.54, 1.807) is 0 Å². The molecule has 0 atom stereocenters. The highest BCUT2D eigenvalue weighted by molar-refractivity contribution is 7.76. The van der Waals surface area contributed by atoms with Crippen LogP contribution in [0.1, 0.15) is 66.2 Å². The van der Waals surface area contributed by atoms with Crippen LogP contribution >= 0.6 is 7.26 Å². The predicted octanol–water partition coefficient (Wildman–Crippen LogP) is 4.97.